The molecule has 3 heteroatoms. The van der Waals surface area contributed by atoms with Crippen LogP contribution < -0.4 is 5.32 Å². The molecule has 1 aliphatic rings. The average Bonchev–Trinajstić information content (AvgIpc) is 2.85. The van der Waals surface area contributed by atoms with Gasteiger partial charge in [-0.15, -0.1) is 0 Å². The van der Waals surface area contributed by atoms with Gasteiger partial charge in [-0.1, -0.05) is 11.6 Å². The molecule has 0 atom stereocenters. The lowest BCUT2D eigenvalue weighted by Crippen LogP contribution is -2.24. The predicted octanol–water partition coefficient (Wildman–Crippen LogP) is 3.36. The number of hydrogen-bond acceptors (Lipinski definition) is 1. The number of nitrogens with one attached hydrogen (secondary N) is 1. The molecule has 1 N–H and O–H groups in total. The number of halogens is 1. The molecule has 2 rings (SSSR count). The maximum absolute atomic E-state index is 13.1. The van der Waals surface area contributed by atoms with E-state index in [9.17, 15) is 9.18 Å². The Kier molecular flexibility index (Phi) is 4.13. The molecule has 2 nitrogen and oxygen atoms in total. The van der Waals surface area contributed by atoms with E-state index in [1.54, 1.807) is 13.0 Å². The van der Waals surface area contributed by atoms with Gasteiger partial charge < -0.3 is 5.32 Å². The second kappa shape index (κ2) is 5.80. The summed E-state index contributed by atoms with van der Waals surface area (Å²) in [7, 11) is 0. The molecule has 1 amide bonds. The number of hydrogen-bond donors (Lipinski definition) is 1. The number of carbonyl (C=O) groups excluding carboxylic acids is 1. The Morgan fingerprint density at radius 2 is 2.28 bits per heavy atom. The van der Waals surface area contributed by atoms with E-state index in [-0.39, 0.29) is 11.7 Å². The highest BCUT2D eigenvalue weighted by Crippen LogP contribution is 2.19. The molecular weight excluding hydrogens is 229 g/mol. The molecule has 0 spiro atoms. The molecular formula is C15H18FNO. The Morgan fingerprint density at radius 3 is 2.94 bits per heavy atom. The van der Waals surface area contributed by atoms with Gasteiger partial charge in [-0.2, -0.15) is 0 Å². The Bertz CT molecular complexity index is 479. The van der Waals surface area contributed by atoms with Crippen molar-refractivity contribution < 1.29 is 9.18 Å². The van der Waals surface area contributed by atoms with Crippen LogP contribution in [0.15, 0.2) is 29.8 Å². The van der Waals surface area contributed by atoms with Crippen LogP contribution in [0, 0.1) is 12.7 Å². The van der Waals surface area contributed by atoms with Crippen molar-refractivity contribution in [1.82, 2.24) is 5.32 Å². The number of carbonyl (C=O) groups is 1. The lowest BCUT2D eigenvalue weighted by molar-refractivity contribution is 0.0954. The fourth-order valence-electron chi connectivity index (χ4n) is 2.19. The van der Waals surface area contributed by atoms with Crippen molar-refractivity contribution in [1.29, 1.82) is 0 Å². The number of benzene rings is 1. The van der Waals surface area contributed by atoms with Gasteiger partial charge in [0.1, 0.15) is 5.82 Å². The summed E-state index contributed by atoms with van der Waals surface area (Å²) in [6.07, 6.45) is 6.74. The number of amides is 1. The van der Waals surface area contributed by atoms with Crippen molar-refractivity contribution in [2.24, 2.45) is 0 Å². The summed E-state index contributed by atoms with van der Waals surface area (Å²) in [6, 6.07) is 4.44. The van der Waals surface area contributed by atoms with Crippen LogP contribution in [0.25, 0.3) is 0 Å². The summed E-state index contributed by atoms with van der Waals surface area (Å²) < 4.78 is 13.1. The van der Waals surface area contributed by atoms with Crippen molar-refractivity contribution in [3.05, 3.63) is 46.8 Å². The van der Waals surface area contributed by atoms with Crippen LogP contribution in [0.3, 0.4) is 0 Å². The first-order chi connectivity index (χ1) is 8.66. The van der Waals surface area contributed by atoms with E-state index in [0.29, 0.717) is 17.7 Å². The van der Waals surface area contributed by atoms with Crippen molar-refractivity contribution in [2.75, 3.05) is 6.54 Å². The van der Waals surface area contributed by atoms with Gasteiger partial charge in [0.05, 0.1) is 0 Å². The maximum atomic E-state index is 13.1. The van der Waals surface area contributed by atoms with Gasteiger partial charge in [-0.25, -0.2) is 4.39 Å². The van der Waals surface area contributed by atoms with Gasteiger partial charge in [0.25, 0.3) is 5.91 Å². The maximum Gasteiger partial charge on any atom is 0.251 e. The van der Waals surface area contributed by atoms with Crippen molar-refractivity contribution in [2.45, 2.75) is 32.6 Å². The van der Waals surface area contributed by atoms with Crippen LogP contribution in [0.4, 0.5) is 4.39 Å². The lowest BCUT2D eigenvalue weighted by Gasteiger charge is -2.07. The summed E-state index contributed by atoms with van der Waals surface area (Å²) in [6.45, 7) is 2.32. The molecule has 1 aromatic rings. The summed E-state index contributed by atoms with van der Waals surface area (Å²) >= 11 is 0. The zero-order valence-corrected chi connectivity index (χ0v) is 10.6. The van der Waals surface area contributed by atoms with Gasteiger partial charge in [-0.05, 0) is 56.4 Å². The molecule has 0 saturated carbocycles. The normalized spacial score (nSPS) is 14.4. The Hall–Kier alpha value is -1.64. The number of aryl methyl sites for hydroxylation is 1. The first kappa shape index (κ1) is 12.8. The van der Waals surface area contributed by atoms with E-state index in [1.165, 1.54) is 30.5 Å². The third-order valence-electron chi connectivity index (χ3n) is 3.29. The number of allylic oxidation sites excluding steroid dienone is 1. The Morgan fingerprint density at radius 1 is 1.44 bits per heavy atom. The van der Waals surface area contributed by atoms with Gasteiger partial charge in [0.15, 0.2) is 0 Å². The standard InChI is InChI=1S/C15H18FNO/c1-11-10-13(6-7-14(11)16)15(18)17-9-8-12-4-2-3-5-12/h4,6-7,10H,2-3,5,8-9H2,1H3,(H,17,18). The van der Waals surface area contributed by atoms with Crippen LogP contribution in [0.2, 0.25) is 0 Å². The van der Waals surface area contributed by atoms with Crippen LogP contribution in [0.5, 0.6) is 0 Å². The topological polar surface area (TPSA) is 29.1 Å². The van der Waals surface area contributed by atoms with Crippen molar-refractivity contribution in [3.8, 4) is 0 Å². The summed E-state index contributed by atoms with van der Waals surface area (Å²) in [5, 5.41) is 2.87. The SMILES string of the molecule is Cc1cc(C(=O)NCCC2=CCCC2)ccc1F. The Balaban J connectivity index is 1.85. The summed E-state index contributed by atoms with van der Waals surface area (Å²) in [4.78, 5) is 11.8. The molecule has 96 valence electrons. The Labute approximate surface area is 107 Å². The fraction of sp³-hybridized carbons (Fsp3) is 0.400. The lowest BCUT2D eigenvalue weighted by atomic mass is 10.1. The first-order valence-electron chi connectivity index (χ1n) is 6.39. The second-order valence-corrected chi connectivity index (χ2v) is 4.72. The smallest absolute Gasteiger partial charge is 0.251 e. The predicted molar refractivity (Wildman–Crippen MR) is 70.0 cm³/mol. The monoisotopic (exact) mass is 247 g/mol. The molecule has 0 bridgehead atoms. The average molecular weight is 247 g/mol. The fourth-order valence-corrected chi connectivity index (χ4v) is 2.19. The second-order valence-electron chi connectivity index (χ2n) is 4.72. The number of rotatable bonds is 4. The molecule has 0 saturated heterocycles. The van der Waals surface area contributed by atoms with Crippen LogP contribution in [-0.4, -0.2) is 12.5 Å². The quantitative estimate of drug-likeness (QED) is 0.812. The highest BCUT2D eigenvalue weighted by Gasteiger charge is 2.08. The minimum atomic E-state index is -0.275. The van der Waals surface area contributed by atoms with Gasteiger partial charge in [-0.3, -0.25) is 4.79 Å². The zero-order valence-electron chi connectivity index (χ0n) is 10.6. The largest absolute Gasteiger partial charge is 0.352 e. The van der Waals surface area contributed by atoms with Crippen LogP contribution in [-0.2, 0) is 0 Å². The molecule has 0 radical (unpaired) electrons. The molecule has 0 aromatic heterocycles. The highest BCUT2D eigenvalue weighted by molar-refractivity contribution is 5.94. The van der Waals surface area contributed by atoms with E-state index in [0.717, 1.165) is 12.8 Å². The molecule has 18 heavy (non-hydrogen) atoms. The van der Waals surface area contributed by atoms with Crippen LogP contribution >= 0.6 is 0 Å². The molecule has 0 heterocycles. The van der Waals surface area contributed by atoms with E-state index in [2.05, 4.69) is 11.4 Å². The molecule has 1 aliphatic carbocycles. The van der Waals surface area contributed by atoms with Gasteiger partial charge >= 0.3 is 0 Å². The van der Waals surface area contributed by atoms with E-state index >= 15 is 0 Å². The highest BCUT2D eigenvalue weighted by atomic mass is 19.1. The summed E-state index contributed by atoms with van der Waals surface area (Å²) in [5.74, 6) is -0.403. The van der Waals surface area contributed by atoms with E-state index in [4.69, 9.17) is 0 Å². The summed E-state index contributed by atoms with van der Waals surface area (Å²) in [5.41, 5.74) is 2.46. The van der Waals surface area contributed by atoms with Gasteiger partial charge in [0, 0.05) is 12.1 Å². The van der Waals surface area contributed by atoms with Gasteiger partial charge in [0.2, 0.25) is 0 Å². The molecule has 0 unspecified atom stereocenters. The molecule has 0 aliphatic heterocycles. The zero-order chi connectivity index (χ0) is 13.0. The first-order valence-corrected chi connectivity index (χ1v) is 6.39. The third-order valence-corrected chi connectivity index (χ3v) is 3.29. The third kappa shape index (κ3) is 3.19. The minimum Gasteiger partial charge on any atom is -0.352 e. The van der Waals surface area contributed by atoms with Crippen molar-refractivity contribution >= 4 is 5.91 Å². The van der Waals surface area contributed by atoms with E-state index < -0.39 is 0 Å². The van der Waals surface area contributed by atoms with Crippen molar-refractivity contribution in [3.63, 3.8) is 0 Å². The molecule has 1 aromatic carbocycles. The minimum absolute atomic E-state index is 0.128. The van der Waals surface area contributed by atoms with E-state index in [1.807, 2.05) is 0 Å². The molecule has 0 fully saturated rings. The van der Waals surface area contributed by atoms with Crippen LogP contribution in [0.1, 0.15) is 41.6 Å².